The summed E-state index contributed by atoms with van der Waals surface area (Å²) in [6.07, 6.45) is 1.93. The Balaban J connectivity index is 1.53. The number of piperazine rings is 1. The fourth-order valence-electron chi connectivity index (χ4n) is 4.59. The van der Waals surface area contributed by atoms with Crippen molar-refractivity contribution in [3.05, 3.63) is 66.1 Å². The van der Waals surface area contributed by atoms with Gasteiger partial charge in [-0.1, -0.05) is 38.5 Å². The molecular formula is C28H33FN4O3. The molecule has 0 bridgehead atoms. The number of halogens is 1. The average molecular weight is 493 g/mol. The van der Waals surface area contributed by atoms with Crippen LogP contribution in [0.1, 0.15) is 44.1 Å². The molecule has 0 radical (unpaired) electrons. The molecule has 1 aromatic heterocycles. The molecule has 3 aromatic rings. The van der Waals surface area contributed by atoms with Crippen LogP contribution in [0.2, 0.25) is 0 Å². The van der Waals surface area contributed by atoms with E-state index < -0.39 is 5.97 Å². The summed E-state index contributed by atoms with van der Waals surface area (Å²) in [5.74, 6) is -0.590. The third-order valence-corrected chi connectivity index (χ3v) is 6.51. The Morgan fingerprint density at radius 1 is 1.00 bits per heavy atom. The van der Waals surface area contributed by atoms with Crippen molar-refractivity contribution in [2.45, 2.75) is 33.6 Å². The number of hydrogen-bond donors (Lipinski definition) is 0. The lowest BCUT2D eigenvalue weighted by molar-refractivity contribution is -0.135. The zero-order valence-corrected chi connectivity index (χ0v) is 21.1. The van der Waals surface area contributed by atoms with Gasteiger partial charge in [0.15, 0.2) is 5.69 Å². The number of anilines is 1. The number of hydrogen-bond acceptors (Lipinski definition) is 5. The van der Waals surface area contributed by atoms with E-state index in [0.29, 0.717) is 24.5 Å². The standard InChI is InChI=1S/C28H33FN4O3/c1-4-7-20(3)27(34)32-16-14-31(15-17-32)23-12-10-21(11-13-23)26-19-25(28(35)36-5-2)30-33(26)24-9-6-8-22(29)18-24/h6,8-13,18-20H,4-5,7,14-17H2,1-3H3/t20-/m0/s1. The predicted octanol–water partition coefficient (Wildman–Crippen LogP) is 4.94. The smallest absolute Gasteiger partial charge is 0.358 e. The summed E-state index contributed by atoms with van der Waals surface area (Å²) in [4.78, 5) is 29.2. The van der Waals surface area contributed by atoms with Crippen LogP contribution < -0.4 is 4.90 Å². The summed E-state index contributed by atoms with van der Waals surface area (Å²) in [5.41, 5.74) is 3.25. The van der Waals surface area contributed by atoms with E-state index in [1.165, 1.54) is 12.1 Å². The van der Waals surface area contributed by atoms with Crippen LogP contribution in [0.4, 0.5) is 10.1 Å². The number of aromatic nitrogens is 2. The summed E-state index contributed by atoms with van der Waals surface area (Å²) in [5, 5.41) is 4.41. The molecule has 0 saturated carbocycles. The third kappa shape index (κ3) is 5.58. The van der Waals surface area contributed by atoms with Gasteiger partial charge in [0.1, 0.15) is 5.82 Å². The predicted molar refractivity (Wildman–Crippen MR) is 138 cm³/mol. The van der Waals surface area contributed by atoms with Crippen molar-refractivity contribution < 1.29 is 18.7 Å². The Morgan fingerprint density at radius 2 is 1.72 bits per heavy atom. The number of ether oxygens (including phenoxy) is 1. The number of amides is 1. The fraction of sp³-hybridized carbons (Fsp3) is 0.393. The highest BCUT2D eigenvalue weighted by Crippen LogP contribution is 2.28. The number of carbonyl (C=O) groups is 2. The van der Waals surface area contributed by atoms with E-state index in [4.69, 9.17) is 4.74 Å². The molecule has 7 nitrogen and oxygen atoms in total. The van der Waals surface area contributed by atoms with E-state index in [1.54, 1.807) is 29.8 Å². The highest BCUT2D eigenvalue weighted by atomic mass is 19.1. The van der Waals surface area contributed by atoms with Crippen LogP contribution in [-0.2, 0) is 9.53 Å². The van der Waals surface area contributed by atoms with Gasteiger partial charge in [-0.05, 0) is 49.7 Å². The highest BCUT2D eigenvalue weighted by Gasteiger charge is 2.25. The first-order chi connectivity index (χ1) is 17.4. The SMILES string of the molecule is CCC[C@H](C)C(=O)N1CCN(c2ccc(-c3cc(C(=O)OCC)nn3-c3cccc(F)c3)cc2)CC1. The molecule has 1 saturated heterocycles. The number of nitrogens with zero attached hydrogens (tertiary/aromatic N) is 4. The van der Waals surface area contributed by atoms with Gasteiger partial charge in [-0.25, -0.2) is 13.9 Å². The van der Waals surface area contributed by atoms with Crippen molar-refractivity contribution in [2.75, 3.05) is 37.7 Å². The summed E-state index contributed by atoms with van der Waals surface area (Å²) in [7, 11) is 0. The molecule has 0 spiro atoms. The number of carbonyl (C=O) groups excluding carboxylic acids is 2. The van der Waals surface area contributed by atoms with Crippen LogP contribution in [-0.4, -0.2) is 59.3 Å². The van der Waals surface area contributed by atoms with Crippen LogP contribution in [0, 0.1) is 11.7 Å². The van der Waals surface area contributed by atoms with Gasteiger partial charge >= 0.3 is 5.97 Å². The maximum Gasteiger partial charge on any atom is 0.358 e. The van der Waals surface area contributed by atoms with Crippen LogP contribution in [0.15, 0.2) is 54.6 Å². The molecule has 36 heavy (non-hydrogen) atoms. The van der Waals surface area contributed by atoms with E-state index in [9.17, 15) is 14.0 Å². The van der Waals surface area contributed by atoms with E-state index in [0.717, 1.165) is 37.2 Å². The average Bonchev–Trinajstić information content (AvgIpc) is 3.35. The molecular weight excluding hydrogens is 459 g/mol. The zero-order chi connectivity index (χ0) is 25.7. The second kappa shape index (κ2) is 11.4. The van der Waals surface area contributed by atoms with Crippen molar-refractivity contribution in [1.29, 1.82) is 0 Å². The molecule has 2 aromatic carbocycles. The van der Waals surface area contributed by atoms with E-state index in [-0.39, 0.29) is 29.9 Å². The molecule has 8 heteroatoms. The Morgan fingerprint density at radius 3 is 2.36 bits per heavy atom. The van der Waals surface area contributed by atoms with Gasteiger partial charge in [0.05, 0.1) is 18.0 Å². The van der Waals surface area contributed by atoms with Gasteiger partial charge in [0.25, 0.3) is 0 Å². The molecule has 190 valence electrons. The number of esters is 1. The molecule has 1 amide bonds. The summed E-state index contributed by atoms with van der Waals surface area (Å²) >= 11 is 0. The van der Waals surface area contributed by atoms with Crippen molar-refractivity contribution in [3.63, 3.8) is 0 Å². The molecule has 1 fully saturated rings. The maximum absolute atomic E-state index is 13.9. The summed E-state index contributed by atoms with van der Waals surface area (Å²) in [6, 6.07) is 15.8. The minimum atomic E-state index is -0.522. The second-order valence-corrected chi connectivity index (χ2v) is 9.08. The van der Waals surface area contributed by atoms with Crippen molar-refractivity contribution in [1.82, 2.24) is 14.7 Å². The van der Waals surface area contributed by atoms with Crippen molar-refractivity contribution in [3.8, 4) is 16.9 Å². The number of benzene rings is 2. The quantitative estimate of drug-likeness (QED) is 0.417. The molecule has 2 heterocycles. The van der Waals surface area contributed by atoms with Crippen molar-refractivity contribution >= 4 is 17.6 Å². The lowest BCUT2D eigenvalue weighted by Gasteiger charge is -2.37. The molecule has 0 aliphatic carbocycles. The van der Waals surface area contributed by atoms with Gasteiger partial charge in [-0.2, -0.15) is 5.10 Å². The van der Waals surface area contributed by atoms with E-state index >= 15 is 0 Å². The summed E-state index contributed by atoms with van der Waals surface area (Å²) < 4.78 is 20.6. The minimum absolute atomic E-state index is 0.0725. The number of rotatable bonds is 8. The monoisotopic (exact) mass is 492 g/mol. The van der Waals surface area contributed by atoms with Crippen LogP contribution in [0.5, 0.6) is 0 Å². The molecule has 1 aliphatic heterocycles. The third-order valence-electron chi connectivity index (χ3n) is 6.51. The molecule has 0 N–H and O–H groups in total. The summed E-state index contributed by atoms with van der Waals surface area (Å²) in [6.45, 7) is 9.08. The second-order valence-electron chi connectivity index (χ2n) is 9.08. The first kappa shape index (κ1) is 25.4. The van der Waals surface area contributed by atoms with Crippen LogP contribution in [0.3, 0.4) is 0 Å². The Hall–Kier alpha value is -3.68. The van der Waals surface area contributed by atoms with Gasteiger partial charge < -0.3 is 14.5 Å². The first-order valence-corrected chi connectivity index (χ1v) is 12.6. The lowest BCUT2D eigenvalue weighted by Crippen LogP contribution is -2.50. The molecule has 0 unspecified atom stereocenters. The highest BCUT2D eigenvalue weighted by molar-refractivity contribution is 5.89. The molecule has 4 rings (SSSR count). The normalized spacial score (nSPS) is 14.6. The van der Waals surface area contributed by atoms with Gasteiger partial charge in [0, 0.05) is 43.3 Å². The zero-order valence-electron chi connectivity index (χ0n) is 21.1. The Labute approximate surface area is 211 Å². The topological polar surface area (TPSA) is 67.7 Å². The van der Waals surface area contributed by atoms with Crippen LogP contribution in [0.25, 0.3) is 16.9 Å². The Kier molecular flexibility index (Phi) is 8.03. The maximum atomic E-state index is 13.9. The van der Waals surface area contributed by atoms with Gasteiger partial charge in [-0.15, -0.1) is 0 Å². The van der Waals surface area contributed by atoms with Crippen molar-refractivity contribution in [2.24, 2.45) is 5.92 Å². The first-order valence-electron chi connectivity index (χ1n) is 12.6. The Bertz CT molecular complexity index is 1200. The fourth-order valence-corrected chi connectivity index (χ4v) is 4.59. The van der Waals surface area contributed by atoms with Gasteiger partial charge in [0.2, 0.25) is 5.91 Å². The van der Waals surface area contributed by atoms with E-state index in [2.05, 4.69) is 16.9 Å². The minimum Gasteiger partial charge on any atom is -0.461 e. The molecule has 1 aliphatic rings. The van der Waals surface area contributed by atoms with Crippen LogP contribution >= 0.6 is 0 Å². The molecule has 1 atom stereocenters. The van der Waals surface area contributed by atoms with E-state index in [1.807, 2.05) is 36.1 Å². The lowest BCUT2D eigenvalue weighted by atomic mass is 10.0. The largest absolute Gasteiger partial charge is 0.461 e. The van der Waals surface area contributed by atoms with Gasteiger partial charge in [-0.3, -0.25) is 4.79 Å².